The number of rotatable bonds is 6. The monoisotopic (exact) mass is 291 g/mol. The summed E-state index contributed by atoms with van der Waals surface area (Å²) in [6.45, 7) is 0.942. The summed E-state index contributed by atoms with van der Waals surface area (Å²) in [6.07, 6.45) is 4.66. The minimum absolute atomic E-state index is 0.0295. The maximum Gasteiger partial charge on any atom is 0.339 e. The number of hydrogen-bond donors (Lipinski definition) is 1. The number of ether oxygens (including phenoxy) is 1. The lowest BCUT2D eigenvalue weighted by Crippen LogP contribution is -2.13. The number of nitro groups is 1. The molecule has 0 aromatic carbocycles. The highest BCUT2D eigenvalue weighted by Crippen LogP contribution is 2.22. The fraction of sp³-hybridized carbons (Fsp3) is 0.250. The van der Waals surface area contributed by atoms with Crippen LogP contribution >= 0.6 is 0 Å². The Labute approximate surface area is 119 Å². The van der Waals surface area contributed by atoms with Crippen LogP contribution in [0, 0.1) is 10.1 Å². The Balaban J connectivity index is 2.11. The van der Waals surface area contributed by atoms with Crippen molar-refractivity contribution in [2.45, 2.75) is 6.54 Å². The number of hydrogen-bond acceptors (Lipinski definition) is 7. The topological polar surface area (TPSA) is 112 Å². The Hall–Kier alpha value is -2.97. The lowest BCUT2D eigenvalue weighted by atomic mass is 10.2. The van der Waals surface area contributed by atoms with Crippen molar-refractivity contribution in [1.29, 1.82) is 0 Å². The smallest absolute Gasteiger partial charge is 0.339 e. The predicted octanol–water partition coefficient (Wildman–Crippen LogP) is 1.08. The van der Waals surface area contributed by atoms with Crippen molar-refractivity contribution in [2.24, 2.45) is 0 Å². The Morgan fingerprint density at radius 1 is 1.57 bits per heavy atom. The first-order valence-electron chi connectivity index (χ1n) is 6.06. The summed E-state index contributed by atoms with van der Waals surface area (Å²) in [4.78, 5) is 25.7. The van der Waals surface area contributed by atoms with Crippen LogP contribution in [0.25, 0.3) is 0 Å². The van der Waals surface area contributed by atoms with E-state index >= 15 is 0 Å². The van der Waals surface area contributed by atoms with Gasteiger partial charge in [-0.2, -0.15) is 5.10 Å². The molecule has 0 amide bonds. The molecule has 2 heterocycles. The molecule has 110 valence electrons. The number of nitrogens with zero attached hydrogens (tertiary/aromatic N) is 4. The summed E-state index contributed by atoms with van der Waals surface area (Å²) < 4.78 is 6.19. The summed E-state index contributed by atoms with van der Waals surface area (Å²) in [7, 11) is 1.20. The maximum atomic E-state index is 11.4. The minimum Gasteiger partial charge on any atom is -0.465 e. The van der Waals surface area contributed by atoms with E-state index in [1.54, 1.807) is 23.1 Å². The molecular weight excluding hydrogens is 278 g/mol. The molecule has 0 atom stereocenters. The number of aromatic nitrogens is 3. The second-order valence-electron chi connectivity index (χ2n) is 4.04. The summed E-state index contributed by atoms with van der Waals surface area (Å²) in [6, 6.07) is 2.92. The van der Waals surface area contributed by atoms with E-state index in [0.717, 1.165) is 6.07 Å². The van der Waals surface area contributed by atoms with E-state index in [1.165, 1.54) is 13.3 Å². The van der Waals surface area contributed by atoms with E-state index in [2.05, 4.69) is 20.1 Å². The van der Waals surface area contributed by atoms with Gasteiger partial charge in [-0.25, -0.2) is 9.78 Å². The number of pyridine rings is 1. The Kier molecular flexibility index (Phi) is 4.44. The zero-order chi connectivity index (χ0) is 15.2. The minimum atomic E-state index is -0.673. The van der Waals surface area contributed by atoms with Crippen LogP contribution in [-0.4, -0.2) is 39.3 Å². The van der Waals surface area contributed by atoms with Gasteiger partial charge in [0.05, 0.1) is 24.1 Å². The molecule has 0 spiro atoms. The van der Waals surface area contributed by atoms with Gasteiger partial charge in [0.2, 0.25) is 5.82 Å². The summed E-state index contributed by atoms with van der Waals surface area (Å²) in [5, 5.41) is 17.9. The molecule has 0 fully saturated rings. The molecule has 9 nitrogen and oxygen atoms in total. The third-order valence-corrected chi connectivity index (χ3v) is 2.68. The number of nitrogens with one attached hydrogen (secondary N) is 1. The summed E-state index contributed by atoms with van der Waals surface area (Å²) in [5.74, 6) is -0.575. The predicted molar refractivity (Wildman–Crippen MR) is 72.9 cm³/mol. The van der Waals surface area contributed by atoms with Crippen molar-refractivity contribution in [3.05, 3.63) is 46.4 Å². The number of methoxy groups -OCH3 is 1. The van der Waals surface area contributed by atoms with Crippen LogP contribution in [-0.2, 0) is 11.3 Å². The fourth-order valence-corrected chi connectivity index (χ4v) is 1.68. The third kappa shape index (κ3) is 3.53. The van der Waals surface area contributed by atoms with Gasteiger partial charge in [0.25, 0.3) is 0 Å². The van der Waals surface area contributed by atoms with Crippen LogP contribution in [0.15, 0.2) is 30.7 Å². The molecule has 2 rings (SSSR count). The standard InChI is InChI=1S/C12H13N5O4/c1-21-12(18)9-7-10(17(19)20)11(14-8-9)13-4-6-16-5-2-3-15-16/h2-3,5,7-8H,4,6H2,1H3,(H,13,14). The van der Waals surface area contributed by atoms with Gasteiger partial charge in [0.1, 0.15) is 0 Å². The second-order valence-corrected chi connectivity index (χ2v) is 4.04. The van der Waals surface area contributed by atoms with Crippen LogP contribution in [0.1, 0.15) is 10.4 Å². The molecule has 0 unspecified atom stereocenters. The van der Waals surface area contributed by atoms with E-state index in [4.69, 9.17) is 0 Å². The molecule has 0 radical (unpaired) electrons. The zero-order valence-electron chi connectivity index (χ0n) is 11.2. The van der Waals surface area contributed by atoms with Gasteiger partial charge in [-0.15, -0.1) is 0 Å². The van der Waals surface area contributed by atoms with Crippen molar-refractivity contribution in [1.82, 2.24) is 14.8 Å². The van der Waals surface area contributed by atoms with Gasteiger partial charge < -0.3 is 10.1 Å². The highest BCUT2D eigenvalue weighted by molar-refractivity contribution is 5.90. The molecule has 0 aliphatic heterocycles. The van der Waals surface area contributed by atoms with Gasteiger partial charge in [0.15, 0.2) is 0 Å². The normalized spacial score (nSPS) is 10.1. The Bertz CT molecular complexity index is 641. The molecular formula is C12H13N5O4. The Morgan fingerprint density at radius 3 is 3.00 bits per heavy atom. The quantitative estimate of drug-likeness (QED) is 0.481. The first-order chi connectivity index (χ1) is 10.1. The van der Waals surface area contributed by atoms with Crippen molar-refractivity contribution in [2.75, 3.05) is 19.0 Å². The highest BCUT2D eigenvalue weighted by Gasteiger charge is 2.19. The number of carbonyl (C=O) groups excluding carboxylic acids is 1. The van der Waals surface area contributed by atoms with Gasteiger partial charge in [-0.3, -0.25) is 14.8 Å². The zero-order valence-corrected chi connectivity index (χ0v) is 11.2. The van der Waals surface area contributed by atoms with E-state index in [0.29, 0.717) is 13.1 Å². The van der Waals surface area contributed by atoms with E-state index in [9.17, 15) is 14.9 Å². The van der Waals surface area contributed by atoms with Crippen molar-refractivity contribution in [3.63, 3.8) is 0 Å². The molecule has 2 aromatic heterocycles. The molecule has 9 heteroatoms. The van der Waals surface area contributed by atoms with Crippen LogP contribution in [0.2, 0.25) is 0 Å². The number of esters is 1. The summed E-state index contributed by atoms with van der Waals surface area (Å²) >= 11 is 0. The Morgan fingerprint density at radius 2 is 2.38 bits per heavy atom. The van der Waals surface area contributed by atoms with Crippen molar-refractivity contribution < 1.29 is 14.5 Å². The van der Waals surface area contributed by atoms with Crippen LogP contribution in [0.4, 0.5) is 11.5 Å². The average Bonchev–Trinajstić information content (AvgIpc) is 2.99. The lowest BCUT2D eigenvalue weighted by Gasteiger charge is -2.07. The average molecular weight is 291 g/mol. The van der Waals surface area contributed by atoms with Gasteiger partial charge >= 0.3 is 11.7 Å². The van der Waals surface area contributed by atoms with Crippen LogP contribution in [0.3, 0.4) is 0 Å². The first kappa shape index (κ1) is 14.4. The van der Waals surface area contributed by atoms with Crippen molar-refractivity contribution in [3.8, 4) is 0 Å². The van der Waals surface area contributed by atoms with E-state index < -0.39 is 10.9 Å². The van der Waals surface area contributed by atoms with Gasteiger partial charge in [0, 0.05) is 31.2 Å². The first-order valence-corrected chi connectivity index (χ1v) is 6.06. The molecule has 1 N–H and O–H groups in total. The molecule has 0 aliphatic rings. The fourth-order valence-electron chi connectivity index (χ4n) is 1.68. The van der Waals surface area contributed by atoms with Gasteiger partial charge in [-0.1, -0.05) is 0 Å². The largest absolute Gasteiger partial charge is 0.465 e. The molecule has 0 saturated heterocycles. The maximum absolute atomic E-state index is 11.4. The van der Waals surface area contributed by atoms with Gasteiger partial charge in [-0.05, 0) is 6.07 Å². The highest BCUT2D eigenvalue weighted by atomic mass is 16.6. The molecule has 0 saturated carbocycles. The summed E-state index contributed by atoms with van der Waals surface area (Å²) in [5.41, 5.74) is -0.250. The van der Waals surface area contributed by atoms with E-state index in [1.807, 2.05) is 0 Å². The molecule has 0 bridgehead atoms. The van der Waals surface area contributed by atoms with E-state index in [-0.39, 0.29) is 17.1 Å². The van der Waals surface area contributed by atoms with Crippen molar-refractivity contribution >= 4 is 17.5 Å². The van der Waals surface area contributed by atoms with Crippen LogP contribution in [0.5, 0.6) is 0 Å². The third-order valence-electron chi connectivity index (χ3n) is 2.68. The molecule has 2 aromatic rings. The molecule has 21 heavy (non-hydrogen) atoms. The van der Waals surface area contributed by atoms with Crippen LogP contribution < -0.4 is 5.32 Å². The lowest BCUT2D eigenvalue weighted by molar-refractivity contribution is -0.384. The molecule has 0 aliphatic carbocycles. The number of carbonyl (C=O) groups is 1. The SMILES string of the molecule is COC(=O)c1cnc(NCCn2cccn2)c([N+](=O)[O-])c1. The second kappa shape index (κ2) is 6.46. The number of anilines is 1.